The van der Waals surface area contributed by atoms with Gasteiger partial charge in [-0.05, 0) is 50.9 Å². The largest absolute Gasteiger partial charge is 0.260 e. The van der Waals surface area contributed by atoms with E-state index in [1.165, 1.54) is 0 Å². The molecule has 0 amide bonds. The van der Waals surface area contributed by atoms with Gasteiger partial charge in [-0.25, -0.2) is 0 Å². The highest BCUT2D eigenvalue weighted by Gasteiger charge is 2.09. The van der Waals surface area contributed by atoms with Gasteiger partial charge in [-0.3, -0.25) is 9.67 Å². The molecule has 2 rings (SSSR count). The van der Waals surface area contributed by atoms with Crippen molar-refractivity contribution < 1.29 is 0 Å². The van der Waals surface area contributed by atoms with Gasteiger partial charge in [-0.2, -0.15) is 5.10 Å². The van der Waals surface area contributed by atoms with Crippen molar-refractivity contribution in [2.24, 2.45) is 0 Å². The van der Waals surface area contributed by atoms with Crippen LogP contribution >= 0.6 is 31.9 Å². The van der Waals surface area contributed by atoms with Crippen LogP contribution in [0.5, 0.6) is 0 Å². The maximum atomic E-state index is 4.35. The Bertz CT molecular complexity index is 494. The van der Waals surface area contributed by atoms with Crippen LogP contribution in [0.15, 0.2) is 33.6 Å². The summed E-state index contributed by atoms with van der Waals surface area (Å²) in [5.41, 5.74) is 2.18. The van der Waals surface area contributed by atoms with Crippen molar-refractivity contribution >= 4 is 31.9 Å². The number of halogens is 2. The first-order chi connectivity index (χ1) is 7.72. The smallest absolute Gasteiger partial charge is 0.107 e. The van der Waals surface area contributed by atoms with Crippen molar-refractivity contribution in [3.63, 3.8) is 0 Å². The summed E-state index contributed by atoms with van der Waals surface area (Å²) in [5.74, 6) is 0. The zero-order valence-electron chi connectivity index (χ0n) is 8.82. The molecule has 0 spiro atoms. The highest BCUT2D eigenvalue weighted by molar-refractivity contribution is 9.10. The molecule has 2 aromatic heterocycles. The first-order valence-corrected chi connectivity index (χ1v) is 6.60. The van der Waals surface area contributed by atoms with Gasteiger partial charge in [0.15, 0.2) is 0 Å². The molecule has 0 aliphatic heterocycles. The average molecular weight is 345 g/mol. The lowest BCUT2D eigenvalue weighted by Gasteiger charge is -2.02. The summed E-state index contributed by atoms with van der Waals surface area (Å²) in [4.78, 5) is 4.35. The zero-order chi connectivity index (χ0) is 11.5. The Morgan fingerprint density at radius 3 is 2.81 bits per heavy atom. The molecule has 5 heteroatoms. The summed E-state index contributed by atoms with van der Waals surface area (Å²) in [5, 5.41) is 4.29. The van der Waals surface area contributed by atoms with E-state index in [4.69, 9.17) is 0 Å². The topological polar surface area (TPSA) is 30.7 Å². The first kappa shape index (κ1) is 11.8. The lowest BCUT2D eigenvalue weighted by atomic mass is 10.2. The summed E-state index contributed by atoms with van der Waals surface area (Å²) in [6.45, 7) is 2.93. The lowest BCUT2D eigenvalue weighted by molar-refractivity contribution is 0.644. The van der Waals surface area contributed by atoms with Gasteiger partial charge in [-0.15, -0.1) is 0 Å². The van der Waals surface area contributed by atoms with E-state index in [-0.39, 0.29) is 0 Å². The van der Waals surface area contributed by atoms with E-state index in [9.17, 15) is 0 Å². The average Bonchev–Trinajstić information content (AvgIpc) is 2.63. The predicted octanol–water partition coefficient (Wildman–Crippen LogP) is 3.41. The quantitative estimate of drug-likeness (QED) is 0.854. The highest BCUT2D eigenvalue weighted by atomic mass is 79.9. The van der Waals surface area contributed by atoms with Crippen molar-refractivity contribution in [2.45, 2.75) is 19.9 Å². The molecule has 0 atom stereocenters. The Morgan fingerprint density at radius 2 is 2.19 bits per heavy atom. The number of rotatable bonds is 3. The van der Waals surface area contributed by atoms with Crippen molar-refractivity contribution in [1.29, 1.82) is 0 Å². The van der Waals surface area contributed by atoms with Gasteiger partial charge >= 0.3 is 0 Å². The van der Waals surface area contributed by atoms with E-state index in [1.807, 2.05) is 23.0 Å². The fourth-order valence-electron chi connectivity index (χ4n) is 1.48. The Hall–Kier alpha value is -0.680. The van der Waals surface area contributed by atoms with Crippen molar-refractivity contribution in [3.05, 3.63) is 44.9 Å². The van der Waals surface area contributed by atoms with E-state index in [2.05, 4.69) is 48.9 Å². The van der Waals surface area contributed by atoms with Crippen molar-refractivity contribution in [1.82, 2.24) is 14.8 Å². The van der Waals surface area contributed by atoms with Crippen LogP contribution < -0.4 is 0 Å². The molecule has 84 valence electrons. The molecule has 2 aromatic rings. The van der Waals surface area contributed by atoms with Crippen LogP contribution in [0.2, 0.25) is 0 Å². The van der Waals surface area contributed by atoms with Crippen molar-refractivity contribution in [3.8, 4) is 0 Å². The molecule has 3 nitrogen and oxygen atoms in total. The SMILES string of the molecule is CCn1ncc(Cc2ncccc2Br)c1Br. The molecule has 0 aliphatic rings. The van der Waals surface area contributed by atoms with E-state index < -0.39 is 0 Å². The van der Waals surface area contributed by atoms with E-state index in [0.29, 0.717) is 0 Å². The van der Waals surface area contributed by atoms with E-state index in [1.54, 1.807) is 6.20 Å². The Labute approximate surface area is 111 Å². The van der Waals surface area contributed by atoms with Crippen LogP contribution in [0.3, 0.4) is 0 Å². The second-order valence-corrected chi connectivity index (χ2v) is 4.99. The monoisotopic (exact) mass is 343 g/mol. The van der Waals surface area contributed by atoms with Crippen molar-refractivity contribution in [2.75, 3.05) is 0 Å². The van der Waals surface area contributed by atoms with Crippen LogP contribution in [-0.2, 0) is 13.0 Å². The maximum absolute atomic E-state index is 4.35. The molecular weight excluding hydrogens is 334 g/mol. The van der Waals surface area contributed by atoms with E-state index >= 15 is 0 Å². The molecule has 0 aromatic carbocycles. The maximum Gasteiger partial charge on any atom is 0.107 e. The van der Waals surface area contributed by atoms with Crippen LogP contribution in [-0.4, -0.2) is 14.8 Å². The molecule has 0 bridgehead atoms. The van der Waals surface area contributed by atoms with Gasteiger partial charge in [0, 0.05) is 29.2 Å². The number of aryl methyl sites for hydroxylation is 1. The van der Waals surface area contributed by atoms with Crippen LogP contribution in [0, 0.1) is 0 Å². The fraction of sp³-hybridized carbons (Fsp3) is 0.273. The third-order valence-electron chi connectivity index (χ3n) is 2.34. The highest BCUT2D eigenvalue weighted by Crippen LogP contribution is 2.22. The number of pyridine rings is 1. The fourth-order valence-corrected chi connectivity index (χ4v) is 2.46. The molecule has 0 saturated heterocycles. The summed E-state index contributed by atoms with van der Waals surface area (Å²) >= 11 is 7.05. The Kier molecular flexibility index (Phi) is 3.76. The molecule has 16 heavy (non-hydrogen) atoms. The van der Waals surface area contributed by atoms with Gasteiger partial charge < -0.3 is 0 Å². The summed E-state index contributed by atoms with van der Waals surface area (Å²) in [7, 11) is 0. The molecular formula is C11H11Br2N3. The molecule has 0 fully saturated rings. The summed E-state index contributed by atoms with van der Waals surface area (Å²) in [6, 6.07) is 3.92. The molecule has 0 radical (unpaired) electrons. The molecule has 0 aliphatic carbocycles. The molecule has 0 saturated carbocycles. The predicted molar refractivity (Wildman–Crippen MR) is 70.3 cm³/mol. The number of nitrogens with zero attached hydrogens (tertiary/aromatic N) is 3. The zero-order valence-corrected chi connectivity index (χ0v) is 12.0. The second-order valence-electron chi connectivity index (χ2n) is 3.39. The minimum atomic E-state index is 0.780. The Balaban J connectivity index is 2.27. The van der Waals surface area contributed by atoms with Gasteiger partial charge in [0.2, 0.25) is 0 Å². The standard InChI is InChI=1S/C11H11Br2N3/c1-2-16-11(13)8(7-15-16)6-10-9(12)4-3-5-14-10/h3-5,7H,2,6H2,1H3. The summed E-state index contributed by atoms with van der Waals surface area (Å²) < 4.78 is 3.99. The van der Waals surface area contributed by atoms with Crippen LogP contribution in [0.25, 0.3) is 0 Å². The van der Waals surface area contributed by atoms with Gasteiger partial charge in [0.05, 0.1) is 11.9 Å². The Morgan fingerprint density at radius 1 is 1.38 bits per heavy atom. The normalized spacial score (nSPS) is 10.7. The lowest BCUT2D eigenvalue weighted by Crippen LogP contribution is -1.97. The number of hydrogen-bond donors (Lipinski definition) is 0. The number of aromatic nitrogens is 3. The van der Waals surface area contributed by atoms with Gasteiger partial charge in [0.25, 0.3) is 0 Å². The molecule has 0 N–H and O–H groups in total. The van der Waals surface area contributed by atoms with Crippen LogP contribution in [0.1, 0.15) is 18.2 Å². The summed E-state index contributed by atoms with van der Waals surface area (Å²) in [6.07, 6.45) is 4.47. The molecule has 2 heterocycles. The van der Waals surface area contributed by atoms with Crippen LogP contribution in [0.4, 0.5) is 0 Å². The number of hydrogen-bond acceptors (Lipinski definition) is 2. The minimum Gasteiger partial charge on any atom is -0.260 e. The second kappa shape index (κ2) is 5.10. The third kappa shape index (κ3) is 2.35. The first-order valence-electron chi connectivity index (χ1n) is 5.02. The van der Waals surface area contributed by atoms with E-state index in [0.717, 1.165) is 33.3 Å². The third-order valence-corrected chi connectivity index (χ3v) is 3.98. The van der Waals surface area contributed by atoms with Gasteiger partial charge in [0.1, 0.15) is 4.60 Å². The molecule has 0 unspecified atom stereocenters. The van der Waals surface area contributed by atoms with Gasteiger partial charge in [-0.1, -0.05) is 0 Å². The minimum absolute atomic E-state index is 0.780.